The lowest BCUT2D eigenvalue weighted by atomic mass is 9.97. The van der Waals surface area contributed by atoms with E-state index < -0.39 is 17.7 Å². The molecule has 0 aliphatic rings. The SMILES string of the molecule is CCC(=O)[C@H](C(C)C)N(C)C(=O)OC(C)(C)C. The van der Waals surface area contributed by atoms with Gasteiger partial charge < -0.3 is 9.64 Å². The number of likely N-dealkylation sites (N-methyl/N-ethyl adjacent to an activating group) is 1. The minimum absolute atomic E-state index is 0.0633. The van der Waals surface area contributed by atoms with Crippen LogP contribution in [0.25, 0.3) is 0 Å². The Bertz CT molecular complexity index is 279. The summed E-state index contributed by atoms with van der Waals surface area (Å²) in [6, 6.07) is -0.408. The summed E-state index contributed by atoms with van der Waals surface area (Å²) in [5, 5.41) is 0. The van der Waals surface area contributed by atoms with Crippen molar-refractivity contribution in [2.45, 2.75) is 59.6 Å². The molecule has 0 aliphatic carbocycles. The molecule has 0 rings (SSSR count). The maximum absolute atomic E-state index is 11.9. The van der Waals surface area contributed by atoms with E-state index in [0.717, 1.165) is 0 Å². The largest absolute Gasteiger partial charge is 0.444 e. The second-order valence-corrected chi connectivity index (χ2v) is 5.60. The first-order chi connectivity index (χ1) is 7.60. The van der Waals surface area contributed by atoms with Crippen molar-refractivity contribution in [3.8, 4) is 0 Å². The third-order valence-electron chi connectivity index (χ3n) is 2.41. The Morgan fingerprint density at radius 2 is 1.71 bits per heavy atom. The molecular weight excluding hydrogens is 218 g/mol. The van der Waals surface area contributed by atoms with Crippen molar-refractivity contribution in [2.24, 2.45) is 5.92 Å². The van der Waals surface area contributed by atoms with Gasteiger partial charge in [0.1, 0.15) is 5.60 Å². The van der Waals surface area contributed by atoms with Crippen molar-refractivity contribution in [1.82, 2.24) is 4.90 Å². The van der Waals surface area contributed by atoms with Crippen LogP contribution in [-0.4, -0.2) is 35.5 Å². The molecule has 0 aromatic rings. The summed E-state index contributed by atoms with van der Waals surface area (Å²) >= 11 is 0. The average molecular weight is 243 g/mol. The number of amides is 1. The standard InChI is InChI=1S/C13H25NO3/c1-8-10(15)11(9(2)3)14(7)12(16)17-13(4,5)6/h9,11H,8H2,1-7H3/t11-/m0/s1. The molecule has 0 aromatic heterocycles. The molecule has 0 unspecified atom stereocenters. The fourth-order valence-corrected chi connectivity index (χ4v) is 1.69. The van der Waals surface area contributed by atoms with E-state index in [1.807, 2.05) is 34.6 Å². The van der Waals surface area contributed by atoms with Gasteiger partial charge in [-0.05, 0) is 26.7 Å². The number of carbonyl (C=O) groups excluding carboxylic acids is 2. The fraction of sp³-hybridized carbons (Fsp3) is 0.846. The van der Waals surface area contributed by atoms with Crippen LogP contribution >= 0.6 is 0 Å². The van der Waals surface area contributed by atoms with E-state index >= 15 is 0 Å². The van der Waals surface area contributed by atoms with Gasteiger partial charge in [-0.15, -0.1) is 0 Å². The zero-order valence-corrected chi connectivity index (χ0v) is 12.0. The third kappa shape index (κ3) is 5.20. The molecule has 0 saturated carbocycles. The van der Waals surface area contributed by atoms with E-state index in [1.165, 1.54) is 4.90 Å². The molecule has 0 aliphatic heterocycles. The van der Waals surface area contributed by atoms with Crippen molar-refractivity contribution >= 4 is 11.9 Å². The molecule has 0 radical (unpaired) electrons. The third-order valence-corrected chi connectivity index (χ3v) is 2.41. The van der Waals surface area contributed by atoms with Crippen LogP contribution in [0.15, 0.2) is 0 Å². The number of ether oxygens (including phenoxy) is 1. The summed E-state index contributed by atoms with van der Waals surface area (Å²) in [7, 11) is 1.62. The molecule has 0 saturated heterocycles. The van der Waals surface area contributed by atoms with Gasteiger partial charge in [-0.3, -0.25) is 4.79 Å². The number of carbonyl (C=O) groups is 2. The molecule has 0 N–H and O–H groups in total. The van der Waals surface area contributed by atoms with Gasteiger partial charge in [0.15, 0.2) is 5.78 Å². The Morgan fingerprint density at radius 3 is 2.00 bits per heavy atom. The Labute approximate surface area is 104 Å². The van der Waals surface area contributed by atoms with E-state index in [4.69, 9.17) is 4.74 Å². The lowest BCUT2D eigenvalue weighted by Crippen LogP contribution is -2.47. The number of nitrogens with zero attached hydrogens (tertiary/aromatic N) is 1. The molecule has 0 aromatic carbocycles. The Morgan fingerprint density at radius 1 is 1.24 bits per heavy atom. The lowest BCUT2D eigenvalue weighted by Gasteiger charge is -2.31. The molecule has 1 amide bonds. The summed E-state index contributed by atoms with van der Waals surface area (Å²) in [5.74, 6) is 0.147. The normalized spacial score (nSPS) is 13.4. The predicted molar refractivity (Wildman–Crippen MR) is 67.9 cm³/mol. The van der Waals surface area contributed by atoms with Gasteiger partial charge >= 0.3 is 6.09 Å². The highest BCUT2D eigenvalue weighted by Crippen LogP contribution is 2.16. The number of hydrogen-bond acceptors (Lipinski definition) is 3. The maximum Gasteiger partial charge on any atom is 0.410 e. The van der Waals surface area contributed by atoms with E-state index in [9.17, 15) is 9.59 Å². The van der Waals surface area contributed by atoms with Crippen LogP contribution in [0.3, 0.4) is 0 Å². The van der Waals surface area contributed by atoms with Gasteiger partial charge in [0.25, 0.3) is 0 Å². The molecular formula is C13H25NO3. The molecule has 0 spiro atoms. The number of Topliss-reactive ketones (excluding diaryl/α,β-unsaturated/α-hetero) is 1. The van der Waals surface area contributed by atoms with Crippen LogP contribution in [0.1, 0.15) is 48.0 Å². The zero-order chi connectivity index (χ0) is 13.8. The van der Waals surface area contributed by atoms with Crippen molar-refractivity contribution in [1.29, 1.82) is 0 Å². The number of ketones is 1. The maximum atomic E-state index is 11.9. The van der Waals surface area contributed by atoms with Gasteiger partial charge in [0, 0.05) is 13.5 Å². The fourth-order valence-electron chi connectivity index (χ4n) is 1.69. The van der Waals surface area contributed by atoms with Crippen LogP contribution in [0.5, 0.6) is 0 Å². The molecule has 4 nitrogen and oxygen atoms in total. The smallest absolute Gasteiger partial charge is 0.410 e. The monoisotopic (exact) mass is 243 g/mol. The second kappa shape index (κ2) is 6.03. The van der Waals surface area contributed by atoms with Crippen LogP contribution in [0.2, 0.25) is 0 Å². The Balaban J connectivity index is 4.79. The topological polar surface area (TPSA) is 46.6 Å². The molecule has 100 valence electrons. The lowest BCUT2D eigenvalue weighted by molar-refractivity contribution is -0.125. The minimum Gasteiger partial charge on any atom is -0.444 e. The summed E-state index contributed by atoms with van der Waals surface area (Å²) in [5.41, 5.74) is -0.540. The first-order valence-corrected chi connectivity index (χ1v) is 6.08. The van der Waals surface area contributed by atoms with Crippen LogP contribution in [0, 0.1) is 5.92 Å². The predicted octanol–water partition coefficient (Wildman–Crippen LogP) is 2.86. The van der Waals surface area contributed by atoms with Gasteiger partial charge in [0.05, 0.1) is 6.04 Å². The molecule has 1 atom stereocenters. The highest BCUT2D eigenvalue weighted by molar-refractivity contribution is 5.87. The van der Waals surface area contributed by atoms with E-state index in [-0.39, 0.29) is 11.7 Å². The van der Waals surface area contributed by atoms with Crippen LogP contribution in [-0.2, 0) is 9.53 Å². The molecule has 17 heavy (non-hydrogen) atoms. The summed E-state index contributed by atoms with van der Waals surface area (Å²) in [4.78, 5) is 25.1. The quantitative estimate of drug-likeness (QED) is 0.762. The molecule has 0 heterocycles. The molecule has 0 fully saturated rings. The van der Waals surface area contributed by atoms with Crippen molar-refractivity contribution in [3.63, 3.8) is 0 Å². The van der Waals surface area contributed by atoms with Gasteiger partial charge in [0.2, 0.25) is 0 Å². The summed E-state index contributed by atoms with van der Waals surface area (Å²) in [6.45, 7) is 11.1. The summed E-state index contributed by atoms with van der Waals surface area (Å²) in [6.07, 6.45) is -0.0197. The van der Waals surface area contributed by atoms with Gasteiger partial charge in [-0.25, -0.2) is 4.79 Å². The van der Waals surface area contributed by atoms with Crippen molar-refractivity contribution in [2.75, 3.05) is 7.05 Å². The first kappa shape index (κ1) is 15.9. The van der Waals surface area contributed by atoms with E-state index in [2.05, 4.69) is 0 Å². The molecule has 4 heteroatoms. The van der Waals surface area contributed by atoms with Crippen LogP contribution in [0.4, 0.5) is 4.79 Å². The van der Waals surface area contributed by atoms with Crippen molar-refractivity contribution in [3.05, 3.63) is 0 Å². The van der Waals surface area contributed by atoms with E-state index in [1.54, 1.807) is 14.0 Å². The van der Waals surface area contributed by atoms with Crippen molar-refractivity contribution < 1.29 is 14.3 Å². The second-order valence-electron chi connectivity index (χ2n) is 5.60. The Hall–Kier alpha value is -1.06. The summed E-state index contributed by atoms with van der Waals surface area (Å²) < 4.78 is 5.26. The van der Waals surface area contributed by atoms with Gasteiger partial charge in [-0.2, -0.15) is 0 Å². The number of hydrogen-bond donors (Lipinski definition) is 0. The van der Waals surface area contributed by atoms with Gasteiger partial charge in [-0.1, -0.05) is 20.8 Å². The zero-order valence-electron chi connectivity index (χ0n) is 12.0. The highest BCUT2D eigenvalue weighted by Gasteiger charge is 2.31. The number of rotatable bonds is 4. The van der Waals surface area contributed by atoms with Crippen LogP contribution < -0.4 is 0 Å². The average Bonchev–Trinajstić information content (AvgIpc) is 2.14. The first-order valence-electron chi connectivity index (χ1n) is 6.08. The highest BCUT2D eigenvalue weighted by atomic mass is 16.6. The minimum atomic E-state index is -0.540. The molecule has 0 bridgehead atoms. The van der Waals surface area contributed by atoms with E-state index in [0.29, 0.717) is 6.42 Å². The Kier molecular flexibility index (Phi) is 5.66.